The number of rotatable bonds is 4. The summed E-state index contributed by atoms with van der Waals surface area (Å²) in [6.45, 7) is 5.15. The minimum atomic E-state index is -0.941. The predicted octanol–water partition coefficient (Wildman–Crippen LogP) is 2.67. The molecule has 0 spiro atoms. The first-order chi connectivity index (χ1) is 9.90. The van der Waals surface area contributed by atoms with Crippen LogP contribution in [-0.4, -0.2) is 22.2 Å². The maximum absolute atomic E-state index is 13.0. The lowest BCUT2D eigenvalue weighted by Gasteiger charge is -2.09. The lowest BCUT2D eigenvalue weighted by Crippen LogP contribution is -2.30. The summed E-state index contributed by atoms with van der Waals surface area (Å²) in [6, 6.07) is 5.53. The third-order valence-electron chi connectivity index (χ3n) is 2.89. The Bertz CT molecular complexity index is 633. The van der Waals surface area contributed by atoms with E-state index in [1.807, 2.05) is 13.8 Å². The highest BCUT2D eigenvalue weighted by molar-refractivity contribution is 5.94. The van der Waals surface area contributed by atoms with E-state index in [9.17, 15) is 14.3 Å². The van der Waals surface area contributed by atoms with Gasteiger partial charge in [0.25, 0.3) is 5.91 Å². The summed E-state index contributed by atoms with van der Waals surface area (Å²) in [4.78, 5) is 12.1. The molecule has 2 aromatic rings. The molecular weight excluding hydrogens is 275 g/mol. The molecule has 5 nitrogen and oxygen atoms in total. The summed E-state index contributed by atoms with van der Waals surface area (Å²) >= 11 is 0. The highest BCUT2D eigenvalue weighted by Gasteiger charge is 2.26. The number of aliphatic hydroxyl groups excluding tert-OH is 1. The second-order valence-electron chi connectivity index (χ2n) is 5.09. The fraction of sp³-hybridized carbons (Fsp3) is 0.333. The van der Waals surface area contributed by atoms with E-state index in [-0.39, 0.29) is 17.6 Å². The van der Waals surface area contributed by atoms with Gasteiger partial charge in [0.05, 0.1) is 11.7 Å². The van der Waals surface area contributed by atoms with Gasteiger partial charge in [-0.25, -0.2) is 4.39 Å². The van der Waals surface area contributed by atoms with Crippen LogP contribution < -0.4 is 5.32 Å². The van der Waals surface area contributed by atoms with Gasteiger partial charge >= 0.3 is 0 Å². The summed E-state index contributed by atoms with van der Waals surface area (Å²) in [7, 11) is 0. The van der Waals surface area contributed by atoms with Crippen molar-refractivity contribution in [1.82, 2.24) is 10.5 Å². The molecule has 0 unspecified atom stereocenters. The fourth-order valence-corrected chi connectivity index (χ4v) is 1.99. The summed E-state index contributed by atoms with van der Waals surface area (Å²) in [6.07, 6.45) is -0.941. The number of nitrogens with zero attached hydrogens (tertiary/aromatic N) is 1. The molecule has 2 rings (SSSR count). The lowest BCUT2D eigenvalue weighted by molar-refractivity contribution is 0.0897. The van der Waals surface area contributed by atoms with E-state index >= 15 is 0 Å². The Morgan fingerprint density at radius 1 is 1.29 bits per heavy atom. The molecular formula is C15H17FN2O3. The number of hydrogen-bond donors (Lipinski definition) is 2. The van der Waals surface area contributed by atoms with Gasteiger partial charge in [-0.1, -0.05) is 5.16 Å². The van der Waals surface area contributed by atoms with E-state index in [0.29, 0.717) is 16.8 Å². The van der Waals surface area contributed by atoms with Crippen LogP contribution in [0.15, 0.2) is 28.8 Å². The molecule has 0 saturated carbocycles. The van der Waals surface area contributed by atoms with Crippen molar-refractivity contribution in [2.75, 3.05) is 0 Å². The third-order valence-corrected chi connectivity index (χ3v) is 2.89. The first kappa shape index (κ1) is 15.2. The predicted molar refractivity (Wildman–Crippen MR) is 75.1 cm³/mol. The number of benzene rings is 1. The third kappa shape index (κ3) is 3.28. The van der Waals surface area contributed by atoms with E-state index < -0.39 is 12.0 Å². The molecule has 0 fully saturated rings. The molecule has 0 bridgehead atoms. The molecule has 21 heavy (non-hydrogen) atoms. The van der Waals surface area contributed by atoms with Gasteiger partial charge in [0.15, 0.2) is 0 Å². The van der Waals surface area contributed by atoms with Crippen molar-refractivity contribution in [3.8, 4) is 11.3 Å². The van der Waals surface area contributed by atoms with Gasteiger partial charge < -0.3 is 14.9 Å². The number of carbonyl (C=O) groups excluding carboxylic acids is 1. The molecule has 0 aliphatic rings. The van der Waals surface area contributed by atoms with Crippen molar-refractivity contribution in [3.63, 3.8) is 0 Å². The second-order valence-corrected chi connectivity index (χ2v) is 5.09. The maximum Gasteiger partial charge on any atom is 0.290 e. The second kappa shape index (κ2) is 6.05. The Hall–Kier alpha value is -2.21. The smallest absolute Gasteiger partial charge is 0.290 e. The molecule has 0 radical (unpaired) electrons. The van der Waals surface area contributed by atoms with Gasteiger partial charge in [-0.05, 0) is 45.0 Å². The van der Waals surface area contributed by atoms with Gasteiger partial charge in [0.2, 0.25) is 5.76 Å². The maximum atomic E-state index is 13.0. The van der Waals surface area contributed by atoms with Crippen molar-refractivity contribution < 1.29 is 18.8 Å². The molecule has 112 valence electrons. The van der Waals surface area contributed by atoms with E-state index in [1.54, 1.807) is 0 Å². The Labute approximate surface area is 121 Å². The van der Waals surface area contributed by atoms with Crippen LogP contribution in [0.5, 0.6) is 0 Å². The molecule has 0 aliphatic heterocycles. The largest absolute Gasteiger partial charge is 0.388 e. The summed E-state index contributed by atoms with van der Waals surface area (Å²) < 4.78 is 18.1. The Morgan fingerprint density at radius 3 is 2.43 bits per heavy atom. The van der Waals surface area contributed by atoms with Gasteiger partial charge in [-0.3, -0.25) is 4.79 Å². The molecule has 1 heterocycles. The monoisotopic (exact) mass is 292 g/mol. The normalized spacial score (nSPS) is 12.5. The minimum absolute atomic E-state index is 0.0296. The molecule has 0 saturated heterocycles. The van der Waals surface area contributed by atoms with E-state index in [4.69, 9.17) is 4.52 Å². The number of aliphatic hydroxyl groups is 1. The summed E-state index contributed by atoms with van der Waals surface area (Å²) in [5, 5.41) is 16.5. The van der Waals surface area contributed by atoms with E-state index in [0.717, 1.165) is 0 Å². The van der Waals surface area contributed by atoms with Crippen molar-refractivity contribution >= 4 is 5.91 Å². The van der Waals surface area contributed by atoms with Gasteiger partial charge in [-0.15, -0.1) is 0 Å². The first-order valence-corrected chi connectivity index (χ1v) is 6.64. The molecule has 1 aromatic heterocycles. The van der Waals surface area contributed by atoms with Crippen LogP contribution in [0.3, 0.4) is 0 Å². The van der Waals surface area contributed by atoms with Gasteiger partial charge in [0, 0.05) is 11.6 Å². The van der Waals surface area contributed by atoms with Gasteiger partial charge in [0.1, 0.15) is 11.5 Å². The average molecular weight is 292 g/mol. The topological polar surface area (TPSA) is 75.4 Å². The standard InChI is InChI=1S/C15H17FN2O3/c1-8(2)17-15(20)14-12(9(3)19)13(18-21-14)10-4-6-11(16)7-5-10/h4-9,19H,1-3H3,(H,17,20)/t9-/m0/s1. The highest BCUT2D eigenvalue weighted by Crippen LogP contribution is 2.30. The van der Waals surface area contributed by atoms with E-state index in [1.165, 1.54) is 31.2 Å². The zero-order valence-corrected chi connectivity index (χ0v) is 12.1. The van der Waals surface area contributed by atoms with Crippen LogP contribution in [0.2, 0.25) is 0 Å². The van der Waals surface area contributed by atoms with Crippen LogP contribution in [0.1, 0.15) is 43.0 Å². The van der Waals surface area contributed by atoms with Crippen molar-refractivity contribution in [1.29, 1.82) is 0 Å². The molecule has 1 aromatic carbocycles. The fourth-order valence-electron chi connectivity index (χ4n) is 1.99. The van der Waals surface area contributed by atoms with Crippen molar-refractivity contribution in [2.45, 2.75) is 32.9 Å². The van der Waals surface area contributed by atoms with Crippen LogP contribution in [0.25, 0.3) is 11.3 Å². The zero-order chi connectivity index (χ0) is 15.6. The number of hydrogen-bond acceptors (Lipinski definition) is 4. The number of halogens is 1. The summed E-state index contributed by atoms with van der Waals surface area (Å²) in [5.41, 5.74) is 1.19. The van der Waals surface area contributed by atoms with Crippen LogP contribution >= 0.6 is 0 Å². The molecule has 1 amide bonds. The first-order valence-electron chi connectivity index (χ1n) is 6.64. The Balaban J connectivity index is 2.46. The molecule has 1 atom stereocenters. The van der Waals surface area contributed by atoms with Crippen molar-refractivity contribution in [3.05, 3.63) is 41.4 Å². The Morgan fingerprint density at radius 2 is 1.90 bits per heavy atom. The van der Waals surface area contributed by atoms with Crippen LogP contribution in [0.4, 0.5) is 4.39 Å². The number of aromatic nitrogens is 1. The van der Waals surface area contributed by atoms with Crippen molar-refractivity contribution in [2.24, 2.45) is 0 Å². The summed E-state index contributed by atoms with van der Waals surface area (Å²) in [5.74, 6) is -0.849. The molecule has 0 aliphatic carbocycles. The SMILES string of the molecule is CC(C)NC(=O)c1onc(-c2ccc(F)cc2)c1[C@H](C)O. The zero-order valence-electron chi connectivity index (χ0n) is 12.1. The minimum Gasteiger partial charge on any atom is -0.388 e. The van der Waals surface area contributed by atoms with E-state index in [2.05, 4.69) is 10.5 Å². The Kier molecular flexibility index (Phi) is 4.37. The average Bonchev–Trinajstić information content (AvgIpc) is 2.83. The quantitative estimate of drug-likeness (QED) is 0.908. The number of carbonyl (C=O) groups is 1. The van der Waals surface area contributed by atoms with Crippen LogP contribution in [0, 0.1) is 5.82 Å². The van der Waals surface area contributed by atoms with Crippen LogP contribution in [-0.2, 0) is 0 Å². The molecule has 2 N–H and O–H groups in total. The van der Waals surface area contributed by atoms with Gasteiger partial charge in [-0.2, -0.15) is 0 Å². The lowest BCUT2D eigenvalue weighted by atomic mass is 10.0. The molecule has 6 heteroatoms. The number of nitrogens with one attached hydrogen (secondary N) is 1. The highest BCUT2D eigenvalue weighted by atomic mass is 19.1. The number of amides is 1.